The topological polar surface area (TPSA) is 74.8 Å². The number of aromatic nitrogens is 5. The van der Waals surface area contributed by atoms with Gasteiger partial charge in [0.05, 0.1) is 32.8 Å². The van der Waals surface area contributed by atoms with Crippen LogP contribution < -0.4 is 0 Å². The molecule has 0 N–H and O–H groups in total. The first kappa shape index (κ1) is 42.2. The van der Waals surface area contributed by atoms with Gasteiger partial charge in [-0.2, -0.15) is 0 Å². The monoisotopic (exact) mass is 971 g/mol. The van der Waals surface area contributed by atoms with Crippen LogP contribution in [0.2, 0.25) is 0 Å². The summed E-state index contributed by atoms with van der Waals surface area (Å²) in [6.45, 7) is 0. The zero-order valence-electron chi connectivity index (χ0n) is 40.7. The minimum Gasteiger partial charge on any atom is -0.456 e. The van der Waals surface area contributed by atoms with Crippen LogP contribution in [0.15, 0.2) is 258 Å². The lowest BCUT2D eigenvalue weighted by molar-refractivity contribution is 0.669. The van der Waals surface area contributed by atoms with Crippen molar-refractivity contribution in [1.29, 1.82) is 0 Å². The van der Waals surface area contributed by atoms with E-state index in [-0.39, 0.29) is 0 Å². The third-order valence-corrected chi connectivity index (χ3v) is 15.2. The van der Waals surface area contributed by atoms with E-state index in [9.17, 15) is 0 Å². The van der Waals surface area contributed by atoms with Gasteiger partial charge in [-0.1, -0.05) is 164 Å². The summed E-state index contributed by atoms with van der Waals surface area (Å²) in [5.74, 6) is 1.74. The fraction of sp³-hybridized carbons (Fsp3) is 0. The number of nitrogens with zero attached hydrogens (tertiary/aromatic N) is 5. The maximum Gasteiger partial charge on any atom is 0.164 e. The van der Waals surface area contributed by atoms with E-state index in [0.29, 0.717) is 17.5 Å². The van der Waals surface area contributed by atoms with Gasteiger partial charge in [0.1, 0.15) is 22.3 Å². The minimum atomic E-state index is 0.559. The average molecular weight is 972 g/mol. The number of fused-ring (bicyclic) bond motifs is 14. The molecule has 5 heterocycles. The predicted molar refractivity (Wildman–Crippen MR) is 310 cm³/mol. The van der Waals surface area contributed by atoms with Crippen molar-refractivity contribution in [3.63, 3.8) is 0 Å². The predicted octanol–water partition coefficient (Wildman–Crippen LogP) is 18.2. The SMILES string of the molecule is c1ccc(-c2nc(-c3ccccc3)nc(-c3cc(-c4cccc5oc6ccc7c8ccccc8n(-c8ccccc8)c7c6c45)ccc3-c3ccc4oc5ccc6c7ccccc7n(-c7ccccc7)c6c5c4c3)n2)cc1. The Labute approximate surface area is 434 Å². The van der Waals surface area contributed by atoms with E-state index < -0.39 is 0 Å². The van der Waals surface area contributed by atoms with E-state index in [4.69, 9.17) is 23.8 Å². The average Bonchev–Trinajstić information content (AvgIpc) is 4.33. The Balaban J connectivity index is 0.985. The molecule has 0 aliphatic heterocycles. The lowest BCUT2D eigenvalue weighted by Gasteiger charge is -2.15. The third kappa shape index (κ3) is 6.39. The number of furan rings is 2. The number of para-hydroxylation sites is 4. The van der Waals surface area contributed by atoms with Crippen molar-refractivity contribution in [2.75, 3.05) is 0 Å². The molecular weight excluding hydrogens is 931 g/mol. The summed E-state index contributed by atoms with van der Waals surface area (Å²) < 4.78 is 18.4. The van der Waals surface area contributed by atoms with E-state index >= 15 is 0 Å². The molecule has 16 rings (SSSR count). The van der Waals surface area contributed by atoms with Crippen molar-refractivity contribution in [2.24, 2.45) is 0 Å². The molecule has 0 aliphatic carbocycles. The summed E-state index contributed by atoms with van der Waals surface area (Å²) in [4.78, 5) is 15.9. The molecule has 16 aromatic rings. The molecule has 0 atom stereocenters. The lowest BCUT2D eigenvalue weighted by Crippen LogP contribution is -2.01. The van der Waals surface area contributed by atoms with Gasteiger partial charge in [-0.3, -0.25) is 0 Å². The molecule has 0 amide bonds. The number of hydrogen-bond donors (Lipinski definition) is 0. The molecule has 0 saturated carbocycles. The van der Waals surface area contributed by atoms with E-state index in [1.807, 2.05) is 36.4 Å². The molecule has 0 aliphatic rings. The largest absolute Gasteiger partial charge is 0.456 e. The molecule has 0 bridgehead atoms. The summed E-state index contributed by atoms with van der Waals surface area (Å²) in [6.07, 6.45) is 0. The zero-order chi connectivity index (χ0) is 49.8. The van der Waals surface area contributed by atoms with Gasteiger partial charge in [0.2, 0.25) is 0 Å². The first-order valence-electron chi connectivity index (χ1n) is 25.6. The van der Waals surface area contributed by atoms with Crippen molar-refractivity contribution in [1.82, 2.24) is 24.1 Å². The fourth-order valence-corrected chi connectivity index (χ4v) is 11.9. The van der Waals surface area contributed by atoms with E-state index in [1.165, 1.54) is 16.2 Å². The first-order valence-corrected chi connectivity index (χ1v) is 25.6. The molecule has 0 unspecified atom stereocenters. The molecule has 76 heavy (non-hydrogen) atoms. The van der Waals surface area contributed by atoms with E-state index in [0.717, 1.165) is 122 Å². The second-order valence-corrected chi connectivity index (χ2v) is 19.4. The van der Waals surface area contributed by atoms with E-state index in [1.54, 1.807) is 0 Å². The zero-order valence-corrected chi connectivity index (χ0v) is 40.7. The first-order chi connectivity index (χ1) is 37.7. The van der Waals surface area contributed by atoms with Gasteiger partial charge in [-0.05, 0) is 107 Å². The highest BCUT2D eigenvalue weighted by Gasteiger charge is 2.25. The van der Waals surface area contributed by atoms with Crippen LogP contribution >= 0.6 is 0 Å². The van der Waals surface area contributed by atoms with Crippen LogP contribution in [0.4, 0.5) is 0 Å². The van der Waals surface area contributed by atoms with Crippen LogP contribution in [0, 0.1) is 0 Å². The van der Waals surface area contributed by atoms with Crippen LogP contribution in [-0.4, -0.2) is 24.1 Å². The molecular formula is C69H41N5O2. The normalized spacial score (nSPS) is 11.9. The Morgan fingerprint density at radius 1 is 0.263 bits per heavy atom. The van der Waals surface area contributed by atoms with Crippen LogP contribution in [0.1, 0.15) is 0 Å². The van der Waals surface area contributed by atoms with Crippen LogP contribution in [-0.2, 0) is 0 Å². The Kier molecular flexibility index (Phi) is 9.20. The van der Waals surface area contributed by atoms with Crippen LogP contribution in [0.3, 0.4) is 0 Å². The second kappa shape index (κ2) is 16.6. The van der Waals surface area contributed by atoms with Crippen LogP contribution in [0.5, 0.6) is 0 Å². The van der Waals surface area contributed by atoms with Crippen molar-refractivity contribution in [3.05, 3.63) is 249 Å². The number of hydrogen-bond acceptors (Lipinski definition) is 5. The quantitative estimate of drug-likeness (QED) is 0.159. The summed E-state index contributed by atoms with van der Waals surface area (Å²) in [5, 5.41) is 8.88. The van der Waals surface area contributed by atoms with Crippen molar-refractivity contribution < 1.29 is 8.83 Å². The van der Waals surface area contributed by atoms with Crippen molar-refractivity contribution >= 4 is 87.5 Å². The van der Waals surface area contributed by atoms with Gasteiger partial charge in [0, 0.05) is 60.4 Å². The Hall–Kier alpha value is -10.4. The number of benzene rings is 11. The summed E-state index contributed by atoms with van der Waals surface area (Å²) in [6, 6.07) is 87.2. The third-order valence-electron chi connectivity index (χ3n) is 15.2. The van der Waals surface area contributed by atoms with Gasteiger partial charge < -0.3 is 18.0 Å². The second-order valence-electron chi connectivity index (χ2n) is 19.4. The fourth-order valence-electron chi connectivity index (χ4n) is 11.9. The molecule has 7 heteroatoms. The Morgan fingerprint density at radius 3 is 1.36 bits per heavy atom. The van der Waals surface area contributed by atoms with Crippen molar-refractivity contribution in [2.45, 2.75) is 0 Å². The molecule has 7 nitrogen and oxygen atoms in total. The lowest BCUT2D eigenvalue weighted by atomic mass is 9.91. The molecule has 0 spiro atoms. The van der Waals surface area contributed by atoms with Crippen LogP contribution in [0.25, 0.3) is 155 Å². The Morgan fingerprint density at radius 2 is 0.737 bits per heavy atom. The maximum absolute atomic E-state index is 6.84. The van der Waals surface area contributed by atoms with Gasteiger partial charge >= 0.3 is 0 Å². The minimum absolute atomic E-state index is 0.559. The molecule has 5 aromatic heterocycles. The van der Waals surface area contributed by atoms with Gasteiger partial charge in [-0.15, -0.1) is 0 Å². The smallest absolute Gasteiger partial charge is 0.164 e. The van der Waals surface area contributed by atoms with E-state index in [2.05, 4.69) is 221 Å². The summed E-state index contributed by atoms with van der Waals surface area (Å²) in [7, 11) is 0. The summed E-state index contributed by atoms with van der Waals surface area (Å²) >= 11 is 0. The van der Waals surface area contributed by atoms with Gasteiger partial charge in [0.25, 0.3) is 0 Å². The standard InChI is InChI=1S/C69H41N5O2/c1-5-18-42(19-6-1)67-70-68(43-20-7-2-8-21-43)72-69(71-67)54-40-45(49-28-17-31-59-62(49)64-61(76-59)39-36-53-51-27-14-16-30-57(51)74(66(53)64)47-24-11-4-12-25-47)32-34-48(54)44-33-37-58-55(41-44)63-60(75-58)38-35-52-50-26-13-15-29-56(50)73(65(52)63)46-22-9-3-10-23-46/h1-41H. The molecule has 0 radical (unpaired) electrons. The Bertz CT molecular complexity index is 4920. The highest BCUT2D eigenvalue weighted by Crippen LogP contribution is 2.47. The van der Waals surface area contributed by atoms with Gasteiger partial charge in [-0.25, -0.2) is 15.0 Å². The molecule has 11 aromatic carbocycles. The summed E-state index contributed by atoms with van der Waals surface area (Å²) in [5.41, 5.74) is 16.6. The maximum atomic E-state index is 6.84. The highest BCUT2D eigenvalue weighted by atomic mass is 16.3. The molecule has 0 fully saturated rings. The van der Waals surface area contributed by atoms with Gasteiger partial charge in [0.15, 0.2) is 17.5 Å². The number of rotatable bonds is 7. The van der Waals surface area contributed by atoms with Crippen molar-refractivity contribution in [3.8, 4) is 67.8 Å². The highest BCUT2D eigenvalue weighted by molar-refractivity contribution is 6.28. The molecule has 354 valence electrons. The molecule has 0 saturated heterocycles.